The summed E-state index contributed by atoms with van der Waals surface area (Å²) in [6.45, 7) is 5.69. The van der Waals surface area contributed by atoms with Crippen molar-refractivity contribution in [3.05, 3.63) is 34.9 Å². The summed E-state index contributed by atoms with van der Waals surface area (Å²) in [4.78, 5) is 14.0. The summed E-state index contributed by atoms with van der Waals surface area (Å²) in [5.74, 6) is -0.646. The van der Waals surface area contributed by atoms with Crippen molar-refractivity contribution in [2.75, 3.05) is 13.1 Å². The lowest BCUT2D eigenvalue weighted by atomic mass is 9.82. The molecular weight excluding hydrogens is 286 g/mol. The lowest BCUT2D eigenvalue weighted by Crippen LogP contribution is -2.35. The highest BCUT2D eigenvalue weighted by atomic mass is 35.5. The van der Waals surface area contributed by atoms with Gasteiger partial charge in [0.05, 0.1) is 5.41 Å². The number of carbonyl (C=O) groups is 1. The maximum atomic E-state index is 11.7. The molecule has 1 fully saturated rings. The summed E-state index contributed by atoms with van der Waals surface area (Å²) in [5, 5.41) is 10.4. The van der Waals surface area contributed by atoms with Crippen LogP contribution in [-0.4, -0.2) is 29.1 Å². The van der Waals surface area contributed by atoms with E-state index in [1.165, 1.54) is 5.56 Å². The highest BCUT2D eigenvalue weighted by Crippen LogP contribution is 2.40. The van der Waals surface area contributed by atoms with Crippen LogP contribution < -0.4 is 0 Å². The van der Waals surface area contributed by atoms with E-state index in [-0.39, 0.29) is 6.04 Å². The maximum Gasteiger partial charge on any atom is 0.310 e. The fourth-order valence-corrected chi connectivity index (χ4v) is 3.75. The van der Waals surface area contributed by atoms with Gasteiger partial charge in [-0.15, -0.1) is 0 Å². The minimum Gasteiger partial charge on any atom is -0.481 e. The minimum atomic E-state index is -0.646. The highest BCUT2D eigenvalue weighted by Gasteiger charge is 2.45. The third kappa shape index (κ3) is 3.41. The Kier molecular flexibility index (Phi) is 5.28. The molecule has 1 aromatic carbocycles. The molecule has 1 aliphatic heterocycles. The maximum absolute atomic E-state index is 11.7. The Morgan fingerprint density at radius 3 is 2.81 bits per heavy atom. The average molecular weight is 310 g/mol. The van der Waals surface area contributed by atoms with Crippen LogP contribution in [0.4, 0.5) is 0 Å². The molecule has 3 nitrogen and oxygen atoms in total. The third-order valence-electron chi connectivity index (χ3n) is 4.63. The highest BCUT2D eigenvalue weighted by molar-refractivity contribution is 6.30. The van der Waals surface area contributed by atoms with Crippen LogP contribution in [0.1, 0.15) is 51.1 Å². The summed E-state index contributed by atoms with van der Waals surface area (Å²) in [7, 11) is 0. The van der Waals surface area contributed by atoms with Crippen LogP contribution in [0.5, 0.6) is 0 Å². The molecule has 0 aromatic heterocycles. The molecule has 116 valence electrons. The van der Waals surface area contributed by atoms with Crippen molar-refractivity contribution in [2.45, 2.75) is 45.6 Å². The van der Waals surface area contributed by atoms with Gasteiger partial charge in [-0.05, 0) is 43.5 Å². The molecule has 1 aliphatic rings. The summed E-state index contributed by atoms with van der Waals surface area (Å²) in [6, 6.07) is 8.17. The summed E-state index contributed by atoms with van der Waals surface area (Å²) in [6.07, 6.45) is 3.37. The first-order valence-corrected chi connectivity index (χ1v) is 8.13. The van der Waals surface area contributed by atoms with Crippen LogP contribution in [0.15, 0.2) is 24.3 Å². The number of carboxylic acids is 1. The second-order valence-electron chi connectivity index (χ2n) is 6.04. The normalized spacial score (nSPS) is 24.1. The van der Waals surface area contributed by atoms with Gasteiger partial charge < -0.3 is 5.11 Å². The molecular formula is C17H24ClNO2. The molecule has 0 radical (unpaired) electrons. The fourth-order valence-electron chi connectivity index (χ4n) is 3.55. The van der Waals surface area contributed by atoms with Gasteiger partial charge >= 0.3 is 5.97 Å². The molecule has 0 bridgehead atoms. The van der Waals surface area contributed by atoms with Crippen molar-refractivity contribution in [1.29, 1.82) is 0 Å². The average Bonchev–Trinajstić information content (AvgIpc) is 2.86. The lowest BCUT2D eigenvalue weighted by molar-refractivity contribution is -0.148. The number of nitrogens with zero attached hydrogens (tertiary/aromatic N) is 1. The fraction of sp³-hybridized carbons (Fsp3) is 0.588. The van der Waals surface area contributed by atoms with Crippen molar-refractivity contribution in [3.8, 4) is 0 Å². The molecule has 1 heterocycles. The van der Waals surface area contributed by atoms with Crippen molar-refractivity contribution in [3.63, 3.8) is 0 Å². The van der Waals surface area contributed by atoms with E-state index < -0.39 is 11.4 Å². The van der Waals surface area contributed by atoms with Crippen LogP contribution in [-0.2, 0) is 4.79 Å². The summed E-state index contributed by atoms with van der Waals surface area (Å²) >= 11 is 6.10. The predicted molar refractivity (Wildman–Crippen MR) is 85.7 cm³/mol. The van der Waals surface area contributed by atoms with Gasteiger partial charge in [0.25, 0.3) is 0 Å². The topological polar surface area (TPSA) is 40.5 Å². The molecule has 2 rings (SSSR count). The van der Waals surface area contributed by atoms with Gasteiger partial charge in [0.2, 0.25) is 0 Å². The largest absolute Gasteiger partial charge is 0.481 e. The molecule has 0 aliphatic carbocycles. The van der Waals surface area contributed by atoms with Crippen LogP contribution >= 0.6 is 11.6 Å². The Morgan fingerprint density at radius 2 is 2.24 bits per heavy atom. The Labute approximate surface area is 131 Å². The quantitative estimate of drug-likeness (QED) is 0.848. The van der Waals surface area contributed by atoms with Crippen LogP contribution in [0.2, 0.25) is 5.02 Å². The van der Waals surface area contributed by atoms with E-state index in [0.29, 0.717) is 6.54 Å². The molecule has 1 N–H and O–H groups in total. The number of hydrogen-bond donors (Lipinski definition) is 1. The molecule has 2 atom stereocenters. The van der Waals surface area contributed by atoms with E-state index in [1.807, 2.05) is 18.2 Å². The van der Waals surface area contributed by atoms with Gasteiger partial charge in [0.1, 0.15) is 0 Å². The Bertz CT molecular complexity index is 505. The second-order valence-corrected chi connectivity index (χ2v) is 6.47. The van der Waals surface area contributed by atoms with Crippen molar-refractivity contribution < 1.29 is 9.90 Å². The number of aliphatic carboxylic acids is 1. The minimum absolute atomic E-state index is 0.252. The zero-order valence-corrected chi connectivity index (χ0v) is 13.6. The standard InChI is InChI=1S/C17H24ClNO2/c1-3-8-17(16(20)21)9-10-19(12-17)15(4-2)13-6-5-7-14(18)11-13/h5-7,11,15H,3-4,8-10,12H2,1-2H3,(H,20,21). The van der Waals surface area contributed by atoms with Gasteiger partial charge in [-0.1, -0.05) is 44.0 Å². The lowest BCUT2D eigenvalue weighted by Gasteiger charge is -2.30. The van der Waals surface area contributed by atoms with Crippen LogP contribution in [0.3, 0.4) is 0 Å². The van der Waals surface area contributed by atoms with Crippen molar-refractivity contribution in [1.82, 2.24) is 4.90 Å². The van der Waals surface area contributed by atoms with E-state index in [0.717, 1.165) is 37.3 Å². The molecule has 21 heavy (non-hydrogen) atoms. The van der Waals surface area contributed by atoms with Crippen molar-refractivity contribution >= 4 is 17.6 Å². The van der Waals surface area contributed by atoms with E-state index in [2.05, 4.69) is 24.8 Å². The second kappa shape index (κ2) is 6.80. The molecule has 0 saturated carbocycles. The van der Waals surface area contributed by atoms with Gasteiger partial charge in [0, 0.05) is 17.6 Å². The first kappa shape index (κ1) is 16.3. The van der Waals surface area contributed by atoms with Gasteiger partial charge in [-0.3, -0.25) is 9.69 Å². The molecule has 4 heteroatoms. The number of likely N-dealkylation sites (tertiary alicyclic amines) is 1. The van der Waals surface area contributed by atoms with E-state index in [4.69, 9.17) is 11.6 Å². The first-order valence-electron chi connectivity index (χ1n) is 7.75. The number of hydrogen-bond acceptors (Lipinski definition) is 2. The molecule has 1 saturated heterocycles. The van der Waals surface area contributed by atoms with Crippen LogP contribution in [0, 0.1) is 5.41 Å². The monoisotopic (exact) mass is 309 g/mol. The first-order chi connectivity index (χ1) is 10.0. The molecule has 0 spiro atoms. The summed E-state index contributed by atoms with van der Waals surface area (Å²) in [5.41, 5.74) is 0.614. The van der Waals surface area contributed by atoms with E-state index in [9.17, 15) is 9.90 Å². The predicted octanol–water partition coefficient (Wildman–Crippen LogP) is 4.37. The number of carboxylic acid groups (broad SMARTS) is 1. The van der Waals surface area contributed by atoms with Gasteiger partial charge in [-0.2, -0.15) is 0 Å². The number of halogens is 1. The Morgan fingerprint density at radius 1 is 1.48 bits per heavy atom. The number of rotatable bonds is 6. The Hall–Kier alpha value is -1.06. The SMILES string of the molecule is CCCC1(C(=O)O)CCN(C(CC)c2cccc(Cl)c2)C1. The van der Waals surface area contributed by atoms with Crippen molar-refractivity contribution in [2.24, 2.45) is 5.41 Å². The van der Waals surface area contributed by atoms with Gasteiger partial charge in [-0.25, -0.2) is 0 Å². The van der Waals surface area contributed by atoms with E-state index >= 15 is 0 Å². The van der Waals surface area contributed by atoms with Crippen LogP contribution in [0.25, 0.3) is 0 Å². The smallest absolute Gasteiger partial charge is 0.310 e. The van der Waals surface area contributed by atoms with E-state index in [1.54, 1.807) is 0 Å². The molecule has 1 aromatic rings. The zero-order valence-electron chi connectivity index (χ0n) is 12.8. The summed E-state index contributed by atoms with van der Waals surface area (Å²) < 4.78 is 0. The Balaban J connectivity index is 2.19. The number of benzene rings is 1. The third-order valence-corrected chi connectivity index (χ3v) is 4.86. The molecule has 0 amide bonds. The zero-order chi connectivity index (χ0) is 15.5. The van der Waals surface area contributed by atoms with Gasteiger partial charge in [0.15, 0.2) is 0 Å². The molecule has 2 unspecified atom stereocenters.